The van der Waals surface area contributed by atoms with E-state index in [1.54, 1.807) is 0 Å². The maximum atomic E-state index is 2.71. The molecule has 0 spiro atoms. The molecule has 2 heteroatoms. The Morgan fingerprint density at radius 1 is 0.333 bits per heavy atom. The predicted molar refractivity (Wildman–Crippen MR) is 65.2 cm³/mol. The molecule has 3 heterocycles. The van der Waals surface area contributed by atoms with Crippen molar-refractivity contribution in [3.63, 3.8) is 0 Å². The number of hydrogen-bond donors (Lipinski definition) is 0. The van der Waals surface area contributed by atoms with E-state index >= 15 is 0 Å². The van der Waals surface area contributed by atoms with Crippen LogP contribution in [0.15, 0.2) is 0 Å². The molecule has 0 atom stereocenters. The van der Waals surface area contributed by atoms with Gasteiger partial charge < -0.3 is 9.80 Å². The van der Waals surface area contributed by atoms with Gasteiger partial charge in [-0.2, -0.15) is 0 Å². The van der Waals surface area contributed by atoms with Gasteiger partial charge in [-0.25, -0.2) is 0 Å². The first-order valence-corrected chi connectivity index (χ1v) is 6.90. The molecule has 15 heavy (non-hydrogen) atoms. The molecule has 2 bridgehead atoms. The average molecular weight is 210 g/mol. The van der Waals surface area contributed by atoms with Crippen LogP contribution in [-0.2, 0) is 0 Å². The summed E-state index contributed by atoms with van der Waals surface area (Å²) in [6.45, 7) is 8.14. The van der Waals surface area contributed by atoms with Gasteiger partial charge in [-0.15, -0.1) is 0 Å². The lowest BCUT2D eigenvalue weighted by molar-refractivity contribution is 0.222. The highest BCUT2D eigenvalue weighted by molar-refractivity contribution is 4.67. The summed E-state index contributed by atoms with van der Waals surface area (Å²) in [6, 6.07) is 0. The first kappa shape index (κ1) is 11.4. The van der Waals surface area contributed by atoms with Gasteiger partial charge in [0.2, 0.25) is 0 Å². The van der Waals surface area contributed by atoms with Gasteiger partial charge in [-0.1, -0.05) is 6.42 Å². The van der Waals surface area contributed by atoms with Crippen LogP contribution < -0.4 is 0 Å². The van der Waals surface area contributed by atoms with E-state index in [0.717, 1.165) is 0 Å². The third-order valence-electron chi connectivity index (χ3n) is 3.85. The van der Waals surface area contributed by atoms with E-state index < -0.39 is 0 Å². The summed E-state index contributed by atoms with van der Waals surface area (Å²) in [4.78, 5) is 5.42. The Hall–Kier alpha value is -0.0800. The van der Waals surface area contributed by atoms with Crippen molar-refractivity contribution in [1.29, 1.82) is 0 Å². The zero-order chi connectivity index (χ0) is 10.3. The molecule has 0 aromatic heterocycles. The average Bonchev–Trinajstić information content (AvgIpc) is 2.34. The van der Waals surface area contributed by atoms with Crippen LogP contribution in [-0.4, -0.2) is 49.1 Å². The van der Waals surface area contributed by atoms with Crippen molar-refractivity contribution in [2.75, 3.05) is 39.3 Å². The van der Waals surface area contributed by atoms with Crippen LogP contribution >= 0.6 is 0 Å². The molecule has 3 rings (SSSR count). The molecular formula is C13H26N2. The SMILES string of the molecule is C1CCN2CCCCN(CC1)CCCC2. The van der Waals surface area contributed by atoms with Crippen LogP contribution in [0.5, 0.6) is 0 Å². The molecule has 0 aliphatic carbocycles. The minimum absolute atomic E-state index is 1.36. The highest BCUT2D eigenvalue weighted by Crippen LogP contribution is 2.11. The van der Waals surface area contributed by atoms with Crippen LogP contribution in [0.3, 0.4) is 0 Å². The smallest absolute Gasteiger partial charge is 0.00183 e. The maximum Gasteiger partial charge on any atom is -0.00183 e. The predicted octanol–water partition coefficient (Wildman–Crippen LogP) is 2.35. The first-order chi connectivity index (χ1) is 7.45. The molecule has 0 amide bonds. The molecule has 0 radical (unpaired) electrons. The zero-order valence-electron chi connectivity index (χ0n) is 10.1. The van der Waals surface area contributed by atoms with Crippen LogP contribution in [0.2, 0.25) is 0 Å². The van der Waals surface area contributed by atoms with Gasteiger partial charge >= 0.3 is 0 Å². The summed E-state index contributed by atoms with van der Waals surface area (Å²) in [5.41, 5.74) is 0. The lowest BCUT2D eigenvalue weighted by atomic mass is 10.2. The Bertz CT molecular complexity index is 134. The number of fused-ring (bicyclic) bond motifs is 10. The topological polar surface area (TPSA) is 6.48 Å². The van der Waals surface area contributed by atoms with Crippen molar-refractivity contribution in [2.24, 2.45) is 0 Å². The van der Waals surface area contributed by atoms with Crippen molar-refractivity contribution in [1.82, 2.24) is 9.80 Å². The molecule has 3 fully saturated rings. The van der Waals surface area contributed by atoms with E-state index in [9.17, 15) is 0 Å². The van der Waals surface area contributed by atoms with Crippen molar-refractivity contribution >= 4 is 0 Å². The Morgan fingerprint density at radius 3 is 0.933 bits per heavy atom. The van der Waals surface area contributed by atoms with E-state index in [2.05, 4.69) is 9.80 Å². The van der Waals surface area contributed by atoms with Crippen LogP contribution in [0.4, 0.5) is 0 Å². The van der Waals surface area contributed by atoms with E-state index in [4.69, 9.17) is 0 Å². The summed E-state index contributed by atoms with van der Waals surface area (Å²) in [6.07, 6.45) is 9.94. The Kier molecular flexibility index (Phi) is 4.94. The van der Waals surface area contributed by atoms with Gasteiger partial charge in [0.25, 0.3) is 0 Å². The number of rotatable bonds is 0. The summed E-state index contributed by atoms with van der Waals surface area (Å²) >= 11 is 0. The largest absolute Gasteiger partial charge is 0.303 e. The summed E-state index contributed by atoms with van der Waals surface area (Å²) in [5, 5.41) is 0. The fraction of sp³-hybridized carbons (Fsp3) is 1.00. The molecule has 88 valence electrons. The summed E-state index contributed by atoms with van der Waals surface area (Å²) in [7, 11) is 0. The molecule has 0 N–H and O–H groups in total. The van der Waals surface area contributed by atoms with Gasteiger partial charge in [0.1, 0.15) is 0 Å². The highest BCUT2D eigenvalue weighted by Gasteiger charge is 2.11. The summed E-state index contributed by atoms with van der Waals surface area (Å²) in [5.74, 6) is 0. The van der Waals surface area contributed by atoms with Gasteiger partial charge in [-0.3, -0.25) is 0 Å². The quantitative estimate of drug-likeness (QED) is 0.605. The second kappa shape index (κ2) is 6.49. The maximum absolute atomic E-state index is 2.71. The highest BCUT2D eigenvalue weighted by atomic mass is 15.1. The van der Waals surface area contributed by atoms with Crippen molar-refractivity contribution in [3.8, 4) is 0 Å². The molecule has 0 unspecified atom stereocenters. The molecule has 0 aromatic carbocycles. The van der Waals surface area contributed by atoms with Crippen molar-refractivity contribution < 1.29 is 0 Å². The second-order valence-corrected chi connectivity index (χ2v) is 5.16. The monoisotopic (exact) mass is 210 g/mol. The van der Waals surface area contributed by atoms with E-state index in [0.29, 0.717) is 0 Å². The molecule has 3 aliphatic heterocycles. The van der Waals surface area contributed by atoms with Gasteiger partial charge in [0.05, 0.1) is 0 Å². The van der Waals surface area contributed by atoms with Gasteiger partial charge in [0, 0.05) is 0 Å². The second-order valence-electron chi connectivity index (χ2n) is 5.16. The molecule has 3 saturated heterocycles. The molecule has 0 aromatic rings. The Morgan fingerprint density at radius 2 is 0.600 bits per heavy atom. The fourth-order valence-electron chi connectivity index (χ4n) is 2.86. The van der Waals surface area contributed by atoms with Crippen LogP contribution in [0, 0.1) is 0 Å². The minimum atomic E-state index is 1.36. The number of nitrogens with zero attached hydrogens (tertiary/aromatic N) is 2. The van der Waals surface area contributed by atoms with Gasteiger partial charge in [0.15, 0.2) is 0 Å². The van der Waals surface area contributed by atoms with Crippen molar-refractivity contribution in [2.45, 2.75) is 44.9 Å². The lowest BCUT2D eigenvalue weighted by Gasteiger charge is -2.25. The van der Waals surface area contributed by atoms with Crippen LogP contribution in [0.1, 0.15) is 44.9 Å². The molecule has 0 saturated carbocycles. The van der Waals surface area contributed by atoms with E-state index in [1.807, 2.05) is 0 Å². The van der Waals surface area contributed by atoms with Gasteiger partial charge in [-0.05, 0) is 77.8 Å². The Balaban J connectivity index is 1.93. The van der Waals surface area contributed by atoms with Crippen molar-refractivity contribution in [3.05, 3.63) is 0 Å². The third kappa shape index (κ3) is 4.12. The lowest BCUT2D eigenvalue weighted by Crippen LogP contribution is -2.31. The standard InChI is InChI=1S/C13H26N2/c1-2-8-14-10-4-6-12-15(9-3-1)13-7-5-11-14/h1-13H2. The normalized spacial score (nSPS) is 35.2. The van der Waals surface area contributed by atoms with E-state index in [-0.39, 0.29) is 0 Å². The third-order valence-corrected chi connectivity index (χ3v) is 3.85. The minimum Gasteiger partial charge on any atom is -0.303 e. The molecule has 3 aliphatic rings. The van der Waals surface area contributed by atoms with E-state index in [1.165, 1.54) is 84.2 Å². The van der Waals surface area contributed by atoms with Crippen LogP contribution in [0.25, 0.3) is 0 Å². The zero-order valence-corrected chi connectivity index (χ0v) is 10.1. The number of hydrogen-bond acceptors (Lipinski definition) is 2. The first-order valence-electron chi connectivity index (χ1n) is 6.90. The summed E-state index contributed by atoms with van der Waals surface area (Å²) < 4.78 is 0. The molecule has 2 nitrogen and oxygen atoms in total. The molecular weight excluding hydrogens is 184 g/mol. The Labute approximate surface area is 94.6 Å². The fourth-order valence-corrected chi connectivity index (χ4v) is 2.86.